The first kappa shape index (κ1) is 13.4. The summed E-state index contributed by atoms with van der Waals surface area (Å²) in [5.41, 5.74) is 7.66. The Balaban J connectivity index is 2.14. The monoisotopic (exact) mass is 276 g/mol. The van der Waals surface area contributed by atoms with Gasteiger partial charge in [-0.1, -0.05) is 12.1 Å². The summed E-state index contributed by atoms with van der Waals surface area (Å²) in [5, 5.41) is 10.6. The fraction of sp³-hybridized carbons (Fsp3) is 0.533. The first-order valence-corrected chi connectivity index (χ1v) is 7.02. The molecule has 1 amide bonds. The van der Waals surface area contributed by atoms with Crippen molar-refractivity contribution < 1.29 is 14.6 Å². The Labute approximate surface area is 118 Å². The zero-order valence-electron chi connectivity index (χ0n) is 11.7. The maximum absolute atomic E-state index is 12.0. The molecule has 0 fully saturated rings. The summed E-state index contributed by atoms with van der Waals surface area (Å²) in [5.74, 6) is 0.774. The van der Waals surface area contributed by atoms with Gasteiger partial charge in [0.1, 0.15) is 5.75 Å². The highest BCUT2D eigenvalue weighted by Crippen LogP contribution is 2.42. The standard InChI is InChI=1S/C15H20N2O3/c1-10(18)17-6-5-15(19,9-16)8-12-3-2-11-4-7-20-14(11)13(12)17/h2-3,19H,4-9,16H2,1H3. The van der Waals surface area contributed by atoms with E-state index in [2.05, 4.69) is 0 Å². The van der Waals surface area contributed by atoms with E-state index in [1.807, 2.05) is 12.1 Å². The van der Waals surface area contributed by atoms with E-state index in [1.54, 1.807) is 11.8 Å². The Bertz CT molecular complexity index is 558. The van der Waals surface area contributed by atoms with Crippen LogP contribution in [0.25, 0.3) is 0 Å². The molecule has 3 N–H and O–H groups in total. The smallest absolute Gasteiger partial charge is 0.223 e. The summed E-state index contributed by atoms with van der Waals surface area (Å²) in [4.78, 5) is 13.7. The van der Waals surface area contributed by atoms with Crippen molar-refractivity contribution in [1.82, 2.24) is 0 Å². The number of carbonyl (C=O) groups is 1. The van der Waals surface area contributed by atoms with E-state index in [-0.39, 0.29) is 12.5 Å². The molecule has 0 radical (unpaired) electrons. The molecule has 1 unspecified atom stereocenters. The van der Waals surface area contributed by atoms with Crippen LogP contribution in [0.15, 0.2) is 12.1 Å². The molecule has 0 bridgehead atoms. The second-order valence-corrected chi connectivity index (χ2v) is 5.69. The van der Waals surface area contributed by atoms with E-state index in [4.69, 9.17) is 10.5 Å². The number of anilines is 1. The van der Waals surface area contributed by atoms with Gasteiger partial charge in [-0.05, 0) is 17.5 Å². The summed E-state index contributed by atoms with van der Waals surface area (Å²) in [6, 6.07) is 4.02. The lowest BCUT2D eigenvalue weighted by Gasteiger charge is -2.24. The molecule has 0 saturated heterocycles. The zero-order chi connectivity index (χ0) is 14.3. The van der Waals surface area contributed by atoms with Crippen molar-refractivity contribution in [2.24, 2.45) is 5.73 Å². The molecule has 1 aromatic rings. The van der Waals surface area contributed by atoms with Crippen molar-refractivity contribution in [1.29, 1.82) is 0 Å². The average molecular weight is 276 g/mol. The van der Waals surface area contributed by atoms with Crippen LogP contribution in [-0.2, 0) is 17.6 Å². The van der Waals surface area contributed by atoms with Crippen molar-refractivity contribution >= 4 is 11.6 Å². The second-order valence-electron chi connectivity index (χ2n) is 5.69. The van der Waals surface area contributed by atoms with Crippen LogP contribution in [0.1, 0.15) is 24.5 Å². The van der Waals surface area contributed by atoms with E-state index in [0.29, 0.717) is 26.0 Å². The molecular formula is C15H20N2O3. The topological polar surface area (TPSA) is 75.8 Å². The lowest BCUT2D eigenvalue weighted by Crippen LogP contribution is -2.41. The van der Waals surface area contributed by atoms with Crippen molar-refractivity contribution in [2.75, 3.05) is 24.6 Å². The number of nitrogens with two attached hydrogens (primary N) is 1. The van der Waals surface area contributed by atoms with Gasteiger partial charge in [0.05, 0.1) is 17.9 Å². The van der Waals surface area contributed by atoms with Crippen LogP contribution >= 0.6 is 0 Å². The third kappa shape index (κ3) is 2.07. The van der Waals surface area contributed by atoms with Crippen molar-refractivity contribution in [2.45, 2.75) is 31.8 Å². The fourth-order valence-electron chi connectivity index (χ4n) is 3.08. The highest BCUT2D eigenvalue weighted by atomic mass is 16.5. The molecule has 1 aromatic carbocycles. The largest absolute Gasteiger partial charge is 0.491 e. The molecule has 0 saturated carbocycles. The van der Waals surface area contributed by atoms with Gasteiger partial charge in [0.25, 0.3) is 0 Å². The van der Waals surface area contributed by atoms with E-state index >= 15 is 0 Å². The van der Waals surface area contributed by atoms with Crippen LogP contribution in [0, 0.1) is 0 Å². The van der Waals surface area contributed by atoms with Crippen LogP contribution in [-0.4, -0.2) is 36.3 Å². The van der Waals surface area contributed by atoms with Gasteiger partial charge in [-0.3, -0.25) is 4.79 Å². The van der Waals surface area contributed by atoms with Crippen molar-refractivity contribution in [3.05, 3.63) is 23.3 Å². The fourth-order valence-corrected chi connectivity index (χ4v) is 3.08. The second kappa shape index (κ2) is 4.75. The van der Waals surface area contributed by atoms with Gasteiger partial charge in [-0.25, -0.2) is 0 Å². The third-order valence-electron chi connectivity index (χ3n) is 4.26. The molecule has 2 aliphatic heterocycles. The summed E-state index contributed by atoms with van der Waals surface area (Å²) in [7, 11) is 0. The number of fused-ring (bicyclic) bond motifs is 3. The zero-order valence-corrected chi connectivity index (χ0v) is 11.7. The molecule has 0 spiro atoms. The number of benzene rings is 1. The molecule has 108 valence electrons. The van der Waals surface area contributed by atoms with Gasteiger partial charge in [-0.2, -0.15) is 0 Å². The summed E-state index contributed by atoms with van der Waals surface area (Å²) in [6.07, 6.45) is 1.81. The Morgan fingerprint density at radius 1 is 1.50 bits per heavy atom. The Hall–Kier alpha value is -1.59. The maximum Gasteiger partial charge on any atom is 0.223 e. The maximum atomic E-state index is 12.0. The predicted molar refractivity (Wildman–Crippen MR) is 76.0 cm³/mol. The minimum absolute atomic E-state index is 0.0311. The number of hydrogen-bond donors (Lipinski definition) is 2. The van der Waals surface area contributed by atoms with Gasteiger partial charge in [0.15, 0.2) is 0 Å². The lowest BCUT2D eigenvalue weighted by atomic mass is 9.91. The van der Waals surface area contributed by atoms with E-state index in [1.165, 1.54) is 0 Å². The molecule has 2 aliphatic rings. The Kier molecular flexibility index (Phi) is 3.18. The van der Waals surface area contributed by atoms with Crippen LogP contribution in [0.3, 0.4) is 0 Å². The van der Waals surface area contributed by atoms with Crippen molar-refractivity contribution in [3.63, 3.8) is 0 Å². The number of rotatable bonds is 1. The van der Waals surface area contributed by atoms with Crippen LogP contribution in [0.4, 0.5) is 5.69 Å². The highest BCUT2D eigenvalue weighted by Gasteiger charge is 2.35. The molecule has 20 heavy (non-hydrogen) atoms. The van der Waals surface area contributed by atoms with Gasteiger partial charge in [-0.15, -0.1) is 0 Å². The molecule has 5 nitrogen and oxygen atoms in total. The summed E-state index contributed by atoms with van der Waals surface area (Å²) in [6.45, 7) is 2.86. The quantitative estimate of drug-likeness (QED) is 0.788. The molecule has 5 heteroatoms. The van der Waals surface area contributed by atoms with Crippen LogP contribution < -0.4 is 15.4 Å². The van der Waals surface area contributed by atoms with E-state index in [9.17, 15) is 9.90 Å². The van der Waals surface area contributed by atoms with Crippen molar-refractivity contribution in [3.8, 4) is 5.75 Å². The van der Waals surface area contributed by atoms with E-state index < -0.39 is 5.60 Å². The van der Waals surface area contributed by atoms with Crippen LogP contribution in [0.2, 0.25) is 0 Å². The van der Waals surface area contributed by atoms with Gasteiger partial charge >= 0.3 is 0 Å². The van der Waals surface area contributed by atoms with Gasteiger partial charge in [0.2, 0.25) is 5.91 Å². The van der Waals surface area contributed by atoms with E-state index in [0.717, 1.165) is 29.0 Å². The molecular weight excluding hydrogens is 256 g/mol. The number of hydrogen-bond acceptors (Lipinski definition) is 4. The molecule has 0 aromatic heterocycles. The van der Waals surface area contributed by atoms with Gasteiger partial charge in [0, 0.05) is 32.9 Å². The Morgan fingerprint density at radius 2 is 2.25 bits per heavy atom. The highest BCUT2D eigenvalue weighted by molar-refractivity contribution is 5.95. The molecule has 1 atom stereocenters. The predicted octanol–water partition coefficient (Wildman–Crippen LogP) is 0.610. The molecule has 0 aliphatic carbocycles. The number of amides is 1. The SMILES string of the molecule is CC(=O)N1CCC(O)(CN)Cc2ccc3c(c21)OCC3. The normalized spacial score (nSPS) is 24.6. The minimum atomic E-state index is -0.953. The number of nitrogens with zero attached hydrogens (tertiary/aromatic N) is 1. The van der Waals surface area contributed by atoms with Crippen LogP contribution in [0.5, 0.6) is 5.75 Å². The number of aliphatic hydroxyl groups is 1. The van der Waals surface area contributed by atoms with Gasteiger partial charge < -0.3 is 20.5 Å². The minimum Gasteiger partial charge on any atom is -0.491 e. The number of carbonyl (C=O) groups excluding carboxylic acids is 1. The first-order chi connectivity index (χ1) is 9.54. The number of ether oxygens (including phenoxy) is 1. The third-order valence-corrected chi connectivity index (χ3v) is 4.26. The first-order valence-electron chi connectivity index (χ1n) is 7.02. The summed E-state index contributed by atoms with van der Waals surface area (Å²) >= 11 is 0. The average Bonchev–Trinajstić information content (AvgIpc) is 2.82. The molecule has 2 heterocycles. The Morgan fingerprint density at radius 3 is 2.95 bits per heavy atom. The lowest BCUT2D eigenvalue weighted by molar-refractivity contribution is -0.116. The summed E-state index contributed by atoms with van der Waals surface area (Å²) < 4.78 is 5.73. The molecule has 3 rings (SSSR count).